The largest absolute Gasteiger partial charge is 0.342 e. The second-order valence-corrected chi connectivity index (χ2v) is 5.92. The van der Waals surface area contributed by atoms with Gasteiger partial charge in [0, 0.05) is 18.0 Å². The lowest BCUT2D eigenvalue weighted by molar-refractivity contribution is -0.131. The van der Waals surface area contributed by atoms with Crippen LogP contribution >= 0.6 is 23.7 Å². The number of rotatable bonds is 5. The van der Waals surface area contributed by atoms with Crippen LogP contribution in [0.15, 0.2) is 17.5 Å². The molecule has 0 radical (unpaired) electrons. The fourth-order valence-electron chi connectivity index (χ4n) is 2.41. The van der Waals surface area contributed by atoms with E-state index in [1.807, 2.05) is 22.4 Å². The lowest BCUT2D eigenvalue weighted by atomic mass is 9.96. The highest BCUT2D eigenvalue weighted by molar-refractivity contribution is 7.10. The summed E-state index contributed by atoms with van der Waals surface area (Å²) in [6.07, 6.45) is 2.86. The topological polar surface area (TPSA) is 32.3 Å². The molecule has 2 rings (SSSR count). The highest BCUT2D eigenvalue weighted by atomic mass is 35.5. The van der Waals surface area contributed by atoms with Gasteiger partial charge in [0.2, 0.25) is 5.91 Å². The van der Waals surface area contributed by atoms with E-state index in [1.54, 1.807) is 11.3 Å². The molecular formula is C14H23ClN2OS. The number of amides is 1. The van der Waals surface area contributed by atoms with Crippen molar-refractivity contribution in [2.45, 2.75) is 26.2 Å². The van der Waals surface area contributed by atoms with Crippen molar-refractivity contribution in [1.82, 2.24) is 10.2 Å². The van der Waals surface area contributed by atoms with Gasteiger partial charge < -0.3 is 10.2 Å². The molecule has 0 saturated carbocycles. The van der Waals surface area contributed by atoms with Gasteiger partial charge >= 0.3 is 0 Å². The van der Waals surface area contributed by atoms with Crippen LogP contribution in [-0.4, -0.2) is 37.0 Å². The molecule has 1 amide bonds. The highest BCUT2D eigenvalue weighted by Crippen LogP contribution is 2.18. The molecule has 1 aliphatic rings. The molecule has 108 valence electrons. The van der Waals surface area contributed by atoms with Crippen molar-refractivity contribution in [3.63, 3.8) is 0 Å². The van der Waals surface area contributed by atoms with Crippen LogP contribution < -0.4 is 5.32 Å². The van der Waals surface area contributed by atoms with Crippen LogP contribution in [0.5, 0.6) is 0 Å². The number of carbonyl (C=O) groups excluding carboxylic acids is 1. The Labute approximate surface area is 125 Å². The fourth-order valence-corrected chi connectivity index (χ4v) is 3.10. The van der Waals surface area contributed by atoms with Crippen LogP contribution in [0, 0.1) is 5.92 Å². The first-order valence-corrected chi connectivity index (χ1v) is 7.68. The maximum Gasteiger partial charge on any atom is 0.227 e. The maximum atomic E-state index is 12.1. The summed E-state index contributed by atoms with van der Waals surface area (Å²) in [7, 11) is 0. The Morgan fingerprint density at radius 3 is 2.79 bits per heavy atom. The molecule has 0 aromatic carbocycles. The van der Waals surface area contributed by atoms with Crippen molar-refractivity contribution in [3.05, 3.63) is 22.4 Å². The molecule has 1 fully saturated rings. The monoisotopic (exact) mass is 302 g/mol. The summed E-state index contributed by atoms with van der Waals surface area (Å²) >= 11 is 1.67. The number of likely N-dealkylation sites (tertiary alicyclic amines) is 1. The number of carbonyl (C=O) groups is 1. The van der Waals surface area contributed by atoms with Crippen LogP contribution in [0.3, 0.4) is 0 Å². The molecule has 1 aromatic rings. The fraction of sp³-hybridized carbons (Fsp3) is 0.643. The summed E-state index contributed by atoms with van der Waals surface area (Å²) in [6.45, 7) is 6.14. The third-order valence-corrected chi connectivity index (χ3v) is 4.43. The van der Waals surface area contributed by atoms with Crippen LogP contribution in [0.25, 0.3) is 0 Å². The van der Waals surface area contributed by atoms with Gasteiger partial charge in [-0.25, -0.2) is 0 Å². The normalized spacial score (nSPS) is 16.2. The summed E-state index contributed by atoms with van der Waals surface area (Å²) in [5.41, 5.74) is 0. The number of thiophene rings is 1. The van der Waals surface area contributed by atoms with E-state index in [2.05, 4.69) is 12.2 Å². The first-order chi connectivity index (χ1) is 8.79. The van der Waals surface area contributed by atoms with Crippen LogP contribution in [0.1, 0.15) is 24.6 Å². The van der Waals surface area contributed by atoms with Crippen molar-refractivity contribution in [3.8, 4) is 0 Å². The Balaban J connectivity index is 0.00000180. The van der Waals surface area contributed by atoms with Crippen LogP contribution in [0.2, 0.25) is 0 Å². The first-order valence-electron chi connectivity index (χ1n) is 6.80. The van der Waals surface area contributed by atoms with Gasteiger partial charge in [-0.3, -0.25) is 4.79 Å². The first kappa shape index (κ1) is 16.5. The van der Waals surface area contributed by atoms with E-state index >= 15 is 0 Å². The van der Waals surface area contributed by atoms with E-state index in [0.717, 1.165) is 44.9 Å². The third kappa shape index (κ3) is 5.13. The number of hydrogen-bond acceptors (Lipinski definition) is 3. The number of nitrogens with one attached hydrogen (secondary N) is 1. The van der Waals surface area contributed by atoms with Gasteiger partial charge in [-0.2, -0.15) is 0 Å². The van der Waals surface area contributed by atoms with Crippen molar-refractivity contribution >= 4 is 29.7 Å². The zero-order chi connectivity index (χ0) is 12.8. The average Bonchev–Trinajstić information content (AvgIpc) is 2.89. The minimum Gasteiger partial charge on any atom is -0.342 e. The second kappa shape index (κ2) is 8.56. The van der Waals surface area contributed by atoms with Crippen LogP contribution in [-0.2, 0) is 11.2 Å². The predicted molar refractivity (Wildman–Crippen MR) is 83.1 cm³/mol. The molecule has 5 heteroatoms. The molecule has 0 spiro atoms. The molecular weight excluding hydrogens is 280 g/mol. The molecule has 19 heavy (non-hydrogen) atoms. The van der Waals surface area contributed by atoms with Crippen molar-refractivity contribution in [2.75, 3.05) is 26.2 Å². The standard InChI is InChI=1S/C14H22N2OS.ClH/c1-2-15-11-12-5-7-16(8-6-12)14(17)10-13-4-3-9-18-13;/h3-4,9,12,15H,2,5-8,10-11H2,1H3;1H. The molecule has 1 saturated heterocycles. The average molecular weight is 303 g/mol. The predicted octanol–water partition coefficient (Wildman–Crippen LogP) is 2.56. The summed E-state index contributed by atoms with van der Waals surface area (Å²) in [5, 5.41) is 5.43. The van der Waals surface area contributed by atoms with Gasteiger partial charge in [-0.1, -0.05) is 13.0 Å². The Morgan fingerprint density at radius 1 is 1.47 bits per heavy atom. The lowest BCUT2D eigenvalue weighted by Crippen LogP contribution is -2.41. The van der Waals surface area contributed by atoms with E-state index in [4.69, 9.17) is 0 Å². The van der Waals surface area contributed by atoms with E-state index in [9.17, 15) is 4.79 Å². The van der Waals surface area contributed by atoms with E-state index < -0.39 is 0 Å². The summed E-state index contributed by atoms with van der Waals surface area (Å²) in [6, 6.07) is 4.05. The number of halogens is 1. The smallest absolute Gasteiger partial charge is 0.227 e. The Morgan fingerprint density at radius 2 is 2.21 bits per heavy atom. The van der Waals surface area contributed by atoms with Gasteiger partial charge in [0.1, 0.15) is 0 Å². The van der Waals surface area contributed by atoms with Crippen molar-refractivity contribution in [1.29, 1.82) is 0 Å². The van der Waals surface area contributed by atoms with E-state index in [0.29, 0.717) is 12.3 Å². The quantitative estimate of drug-likeness (QED) is 0.906. The van der Waals surface area contributed by atoms with E-state index in [1.165, 1.54) is 4.88 Å². The second-order valence-electron chi connectivity index (χ2n) is 4.89. The number of nitrogens with zero attached hydrogens (tertiary/aromatic N) is 1. The molecule has 0 aliphatic carbocycles. The Hall–Kier alpha value is -0.580. The zero-order valence-corrected chi connectivity index (χ0v) is 13.1. The summed E-state index contributed by atoms with van der Waals surface area (Å²) < 4.78 is 0. The minimum absolute atomic E-state index is 0. The minimum atomic E-state index is 0. The summed E-state index contributed by atoms with van der Waals surface area (Å²) in [5.74, 6) is 1.04. The molecule has 0 atom stereocenters. The van der Waals surface area contributed by atoms with Gasteiger partial charge in [0.25, 0.3) is 0 Å². The molecule has 1 aliphatic heterocycles. The SMILES string of the molecule is CCNCC1CCN(C(=O)Cc2cccs2)CC1.Cl. The van der Waals surface area contributed by atoms with E-state index in [-0.39, 0.29) is 12.4 Å². The third-order valence-electron chi connectivity index (χ3n) is 3.56. The molecule has 1 aromatic heterocycles. The maximum absolute atomic E-state index is 12.1. The Kier molecular flexibility index (Phi) is 7.42. The lowest BCUT2D eigenvalue weighted by Gasteiger charge is -2.32. The van der Waals surface area contributed by atoms with Crippen LogP contribution in [0.4, 0.5) is 0 Å². The van der Waals surface area contributed by atoms with Crippen molar-refractivity contribution < 1.29 is 4.79 Å². The van der Waals surface area contributed by atoms with Crippen molar-refractivity contribution in [2.24, 2.45) is 5.92 Å². The van der Waals surface area contributed by atoms with Gasteiger partial charge in [-0.15, -0.1) is 23.7 Å². The zero-order valence-electron chi connectivity index (χ0n) is 11.4. The molecule has 2 heterocycles. The van der Waals surface area contributed by atoms with Gasteiger partial charge in [0.15, 0.2) is 0 Å². The Bertz CT molecular complexity index is 362. The molecule has 0 unspecified atom stereocenters. The number of piperidine rings is 1. The molecule has 3 nitrogen and oxygen atoms in total. The molecule has 0 bridgehead atoms. The number of hydrogen-bond donors (Lipinski definition) is 1. The van der Waals surface area contributed by atoms with Gasteiger partial charge in [0.05, 0.1) is 6.42 Å². The molecule has 1 N–H and O–H groups in total. The van der Waals surface area contributed by atoms with Gasteiger partial charge in [-0.05, 0) is 43.3 Å². The summed E-state index contributed by atoms with van der Waals surface area (Å²) in [4.78, 5) is 15.3. The highest BCUT2D eigenvalue weighted by Gasteiger charge is 2.22.